The molecule has 3 N–H and O–H groups in total. The second-order valence-electron chi connectivity index (χ2n) is 7.07. The molecule has 0 bridgehead atoms. The van der Waals surface area contributed by atoms with Crippen molar-refractivity contribution in [3.8, 4) is 11.5 Å². The number of aryl methyl sites for hydroxylation is 2. The lowest BCUT2D eigenvalue weighted by atomic mass is 10.1. The number of amides is 1. The van der Waals surface area contributed by atoms with Gasteiger partial charge in [0.15, 0.2) is 11.5 Å². The number of nitrogens with zero attached hydrogens (tertiary/aromatic N) is 4. The Hall–Kier alpha value is -3.94. The Balaban J connectivity index is 1.55. The molecule has 0 aliphatic carbocycles. The van der Waals surface area contributed by atoms with Crippen molar-refractivity contribution >= 4 is 17.4 Å². The van der Waals surface area contributed by atoms with E-state index >= 15 is 0 Å². The minimum atomic E-state index is -0.408. The van der Waals surface area contributed by atoms with Gasteiger partial charge in [0, 0.05) is 11.3 Å². The molecule has 0 atom stereocenters. The topological polar surface area (TPSA) is 112 Å². The Morgan fingerprint density at radius 2 is 1.87 bits per heavy atom. The van der Waals surface area contributed by atoms with Crippen LogP contribution in [0.15, 0.2) is 52.9 Å². The second-order valence-corrected chi connectivity index (χ2v) is 7.07. The highest BCUT2D eigenvalue weighted by atomic mass is 16.4. The van der Waals surface area contributed by atoms with E-state index in [1.165, 1.54) is 4.68 Å². The second kappa shape index (κ2) is 7.82. The lowest BCUT2D eigenvalue weighted by Crippen LogP contribution is -2.16. The number of hydrogen-bond donors (Lipinski definition) is 2. The molecule has 4 rings (SSSR count). The first-order valence-corrected chi connectivity index (χ1v) is 9.52. The van der Waals surface area contributed by atoms with E-state index < -0.39 is 5.91 Å². The standard InChI is InChI=1S/C22H22N6O2/c1-13-8-7-11-17(14(13)2)24-21(29)19-20(23)28(27-26-19)12-18-15(3)30-22(25-18)16-9-5-4-6-10-16/h4-11H,12,23H2,1-3H3,(H,24,29). The van der Waals surface area contributed by atoms with Gasteiger partial charge in [0.05, 0.1) is 6.54 Å². The van der Waals surface area contributed by atoms with Gasteiger partial charge in [0.2, 0.25) is 5.89 Å². The van der Waals surface area contributed by atoms with Crippen molar-refractivity contribution in [1.29, 1.82) is 0 Å². The van der Waals surface area contributed by atoms with Crippen LogP contribution >= 0.6 is 0 Å². The number of nitrogens with one attached hydrogen (secondary N) is 1. The average Bonchev–Trinajstić information content (AvgIpc) is 3.29. The molecule has 0 aliphatic rings. The van der Waals surface area contributed by atoms with Gasteiger partial charge in [-0.3, -0.25) is 4.79 Å². The number of aromatic nitrogens is 4. The van der Waals surface area contributed by atoms with Crippen LogP contribution in [0.25, 0.3) is 11.5 Å². The maximum atomic E-state index is 12.7. The van der Waals surface area contributed by atoms with Gasteiger partial charge < -0.3 is 15.5 Å². The van der Waals surface area contributed by atoms with E-state index in [2.05, 4.69) is 20.6 Å². The minimum absolute atomic E-state index is 0.0698. The van der Waals surface area contributed by atoms with Crippen molar-refractivity contribution in [2.75, 3.05) is 11.1 Å². The number of nitrogen functional groups attached to an aromatic ring is 1. The van der Waals surface area contributed by atoms with Crippen LogP contribution in [-0.2, 0) is 6.54 Å². The van der Waals surface area contributed by atoms with E-state index in [-0.39, 0.29) is 18.1 Å². The molecule has 30 heavy (non-hydrogen) atoms. The molecule has 2 aromatic heterocycles. The Bertz CT molecular complexity index is 1210. The van der Waals surface area contributed by atoms with Gasteiger partial charge >= 0.3 is 0 Å². The number of anilines is 2. The Morgan fingerprint density at radius 3 is 2.63 bits per heavy atom. The monoisotopic (exact) mass is 402 g/mol. The Labute approximate surface area is 173 Å². The fourth-order valence-corrected chi connectivity index (χ4v) is 3.09. The van der Waals surface area contributed by atoms with Crippen LogP contribution in [0, 0.1) is 20.8 Å². The minimum Gasteiger partial charge on any atom is -0.441 e. The highest BCUT2D eigenvalue weighted by Gasteiger charge is 2.20. The summed E-state index contributed by atoms with van der Waals surface area (Å²) in [5.74, 6) is 0.940. The van der Waals surface area contributed by atoms with E-state index in [1.807, 2.05) is 69.3 Å². The molecule has 0 radical (unpaired) electrons. The third kappa shape index (κ3) is 3.67. The van der Waals surface area contributed by atoms with E-state index in [4.69, 9.17) is 10.2 Å². The molecular formula is C22H22N6O2. The highest BCUT2D eigenvalue weighted by molar-refractivity contribution is 6.06. The molecule has 0 saturated heterocycles. The fraction of sp³-hybridized carbons (Fsp3) is 0.182. The molecule has 4 aromatic rings. The van der Waals surface area contributed by atoms with Crippen LogP contribution in [-0.4, -0.2) is 25.9 Å². The normalized spacial score (nSPS) is 10.9. The lowest BCUT2D eigenvalue weighted by Gasteiger charge is -2.09. The number of nitrogens with two attached hydrogens (primary N) is 1. The van der Waals surface area contributed by atoms with Crippen LogP contribution < -0.4 is 11.1 Å². The Morgan fingerprint density at radius 1 is 1.10 bits per heavy atom. The maximum absolute atomic E-state index is 12.7. The lowest BCUT2D eigenvalue weighted by molar-refractivity contribution is 0.102. The summed E-state index contributed by atoms with van der Waals surface area (Å²) in [6.07, 6.45) is 0. The van der Waals surface area contributed by atoms with Crippen LogP contribution in [0.4, 0.5) is 11.5 Å². The van der Waals surface area contributed by atoms with Crippen molar-refractivity contribution < 1.29 is 9.21 Å². The summed E-state index contributed by atoms with van der Waals surface area (Å²) in [6, 6.07) is 15.3. The first-order valence-electron chi connectivity index (χ1n) is 9.52. The van der Waals surface area contributed by atoms with Gasteiger partial charge in [-0.15, -0.1) is 5.10 Å². The molecule has 2 heterocycles. The summed E-state index contributed by atoms with van der Waals surface area (Å²) in [7, 11) is 0. The van der Waals surface area contributed by atoms with Crippen LogP contribution in [0.2, 0.25) is 0 Å². The zero-order valence-corrected chi connectivity index (χ0v) is 17.0. The van der Waals surface area contributed by atoms with E-state index in [9.17, 15) is 4.79 Å². The third-order valence-electron chi connectivity index (χ3n) is 5.05. The predicted octanol–water partition coefficient (Wildman–Crippen LogP) is 3.74. The van der Waals surface area contributed by atoms with Crippen LogP contribution in [0.3, 0.4) is 0 Å². The van der Waals surface area contributed by atoms with Gasteiger partial charge in [-0.25, -0.2) is 9.67 Å². The third-order valence-corrected chi connectivity index (χ3v) is 5.05. The molecule has 2 aromatic carbocycles. The number of rotatable bonds is 5. The molecule has 8 nitrogen and oxygen atoms in total. The number of carbonyl (C=O) groups excluding carboxylic acids is 1. The van der Waals surface area contributed by atoms with E-state index in [0.29, 0.717) is 23.0 Å². The fourth-order valence-electron chi connectivity index (χ4n) is 3.09. The first-order chi connectivity index (χ1) is 14.4. The van der Waals surface area contributed by atoms with E-state index in [0.717, 1.165) is 16.7 Å². The largest absolute Gasteiger partial charge is 0.441 e. The number of benzene rings is 2. The Kier molecular flexibility index (Phi) is 5.05. The van der Waals surface area contributed by atoms with Gasteiger partial charge in [0.1, 0.15) is 11.5 Å². The molecule has 0 fully saturated rings. The average molecular weight is 402 g/mol. The van der Waals surface area contributed by atoms with E-state index in [1.54, 1.807) is 0 Å². The number of carbonyl (C=O) groups is 1. The quantitative estimate of drug-likeness (QED) is 0.526. The first kappa shape index (κ1) is 19.4. The van der Waals surface area contributed by atoms with Gasteiger partial charge in [0.25, 0.3) is 5.91 Å². The summed E-state index contributed by atoms with van der Waals surface area (Å²) >= 11 is 0. The van der Waals surface area contributed by atoms with Crippen molar-refractivity contribution in [2.45, 2.75) is 27.3 Å². The highest BCUT2D eigenvalue weighted by Crippen LogP contribution is 2.23. The predicted molar refractivity (Wildman–Crippen MR) is 114 cm³/mol. The van der Waals surface area contributed by atoms with Gasteiger partial charge in [-0.2, -0.15) is 0 Å². The van der Waals surface area contributed by atoms with Crippen LogP contribution in [0.1, 0.15) is 33.1 Å². The molecule has 1 amide bonds. The van der Waals surface area contributed by atoms with Crippen molar-refractivity contribution in [1.82, 2.24) is 20.0 Å². The van der Waals surface area contributed by atoms with Crippen molar-refractivity contribution in [3.63, 3.8) is 0 Å². The van der Waals surface area contributed by atoms with Gasteiger partial charge in [-0.1, -0.05) is 35.5 Å². The van der Waals surface area contributed by atoms with Crippen molar-refractivity contribution in [3.05, 3.63) is 76.8 Å². The summed E-state index contributed by atoms with van der Waals surface area (Å²) in [5.41, 5.74) is 10.6. The summed E-state index contributed by atoms with van der Waals surface area (Å²) < 4.78 is 7.22. The van der Waals surface area contributed by atoms with Crippen LogP contribution in [0.5, 0.6) is 0 Å². The smallest absolute Gasteiger partial charge is 0.280 e. The molecular weight excluding hydrogens is 380 g/mol. The molecule has 0 spiro atoms. The zero-order chi connectivity index (χ0) is 21.3. The van der Waals surface area contributed by atoms with Crippen molar-refractivity contribution in [2.24, 2.45) is 0 Å². The number of oxazole rings is 1. The maximum Gasteiger partial charge on any atom is 0.280 e. The van der Waals surface area contributed by atoms with Gasteiger partial charge in [-0.05, 0) is 50.1 Å². The molecule has 0 aliphatic heterocycles. The molecule has 0 saturated carbocycles. The molecule has 152 valence electrons. The molecule has 0 unspecified atom stereocenters. The number of hydrogen-bond acceptors (Lipinski definition) is 6. The SMILES string of the molecule is Cc1cccc(NC(=O)c2nnn(Cc3nc(-c4ccccc4)oc3C)c2N)c1C. The summed E-state index contributed by atoms with van der Waals surface area (Å²) in [5, 5.41) is 10.9. The zero-order valence-electron chi connectivity index (χ0n) is 17.0. The summed E-state index contributed by atoms with van der Waals surface area (Å²) in [4.78, 5) is 17.2. The summed E-state index contributed by atoms with van der Waals surface area (Å²) in [6.45, 7) is 6.01. The molecule has 8 heteroatoms.